The van der Waals surface area contributed by atoms with Crippen LogP contribution in [0.25, 0.3) is 21.8 Å². The zero-order chi connectivity index (χ0) is 17.5. The fourth-order valence-electron chi connectivity index (χ4n) is 2.31. The highest BCUT2D eigenvalue weighted by Gasteiger charge is 2.07. The summed E-state index contributed by atoms with van der Waals surface area (Å²) in [6.45, 7) is 2.50. The number of benzene rings is 2. The molecule has 1 heterocycles. The first kappa shape index (κ1) is 17.2. The molecule has 3 aromatic rings. The summed E-state index contributed by atoms with van der Waals surface area (Å²) in [5, 5.41) is 5.77. The number of unbranched alkanes of at least 4 members (excludes halogenated alkanes) is 1. The molecule has 0 unspecified atom stereocenters. The predicted molar refractivity (Wildman–Crippen MR) is 103 cm³/mol. The van der Waals surface area contributed by atoms with Crippen LogP contribution in [0.15, 0.2) is 60.0 Å². The summed E-state index contributed by atoms with van der Waals surface area (Å²) < 4.78 is 5.09. The van der Waals surface area contributed by atoms with Crippen LogP contribution in [0.3, 0.4) is 0 Å². The highest BCUT2D eigenvalue weighted by molar-refractivity contribution is 7.13. The first-order valence-electron chi connectivity index (χ1n) is 8.31. The van der Waals surface area contributed by atoms with E-state index in [9.17, 15) is 4.79 Å². The Morgan fingerprint density at radius 3 is 2.56 bits per heavy atom. The molecule has 0 spiro atoms. The van der Waals surface area contributed by atoms with Crippen LogP contribution < -0.4 is 5.32 Å². The van der Waals surface area contributed by atoms with Crippen molar-refractivity contribution >= 4 is 23.1 Å². The Balaban J connectivity index is 1.65. The highest BCUT2D eigenvalue weighted by Crippen LogP contribution is 2.29. The number of nitrogens with one attached hydrogen (secondary N) is 1. The van der Waals surface area contributed by atoms with Gasteiger partial charge in [0, 0.05) is 22.2 Å². The van der Waals surface area contributed by atoms with Gasteiger partial charge in [-0.3, -0.25) is 5.32 Å². The van der Waals surface area contributed by atoms with Crippen LogP contribution in [-0.4, -0.2) is 17.7 Å². The lowest BCUT2D eigenvalue weighted by atomic mass is 10.1. The van der Waals surface area contributed by atoms with Crippen LogP contribution in [0, 0.1) is 0 Å². The number of aromatic nitrogens is 1. The van der Waals surface area contributed by atoms with Gasteiger partial charge in [-0.15, -0.1) is 11.3 Å². The summed E-state index contributed by atoms with van der Waals surface area (Å²) in [5.74, 6) is 0. The molecule has 5 heteroatoms. The summed E-state index contributed by atoms with van der Waals surface area (Å²) in [5.41, 5.74) is 3.78. The van der Waals surface area contributed by atoms with Gasteiger partial charge in [-0.1, -0.05) is 55.8 Å². The molecule has 0 fully saturated rings. The van der Waals surface area contributed by atoms with Crippen molar-refractivity contribution in [2.45, 2.75) is 19.8 Å². The van der Waals surface area contributed by atoms with Crippen molar-refractivity contribution < 1.29 is 9.53 Å². The van der Waals surface area contributed by atoms with Gasteiger partial charge in [-0.25, -0.2) is 9.78 Å². The van der Waals surface area contributed by atoms with E-state index >= 15 is 0 Å². The van der Waals surface area contributed by atoms with E-state index in [0.29, 0.717) is 12.3 Å². The lowest BCUT2D eigenvalue weighted by Crippen LogP contribution is -2.14. The van der Waals surface area contributed by atoms with E-state index < -0.39 is 6.09 Å². The van der Waals surface area contributed by atoms with E-state index in [1.165, 1.54) is 0 Å². The zero-order valence-corrected chi connectivity index (χ0v) is 14.9. The predicted octanol–water partition coefficient (Wildman–Crippen LogP) is 5.83. The average Bonchev–Trinajstić information content (AvgIpc) is 3.13. The monoisotopic (exact) mass is 352 g/mol. The fraction of sp³-hybridized carbons (Fsp3) is 0.200. The molecule has 25 heavy (non-hydrogen) atoms. The maximum Gasteiger partial charge on any atom is 0.411 e. The quantitative estimate of drug-likeness (QED) is 0.568. The summed E-state index contributed by atoms with van der Waals surface area (Å²) in [7, 11) is 0. The summed E-state index contributed by atoms with van der Waals surface area (Å²) in [6.07, 6.45) is 1.46. The molecule has 1 amide bonds. The van der Waals surface area contributed by atoms with Gasteiger partial charge in [0.1, 0.15) is 5.01 Å². The lowest BCUT2D eigenvalue weighted by Gasteiger charge is -2.07. The SMILES string of the molecule is CCCCOC(=O)Nc1ccc(-c2csc(-c3ccccc3)n2)cc1. The van der Waals surface area contributed by atoms with E-state index in [1.807, 2.05) is 47.8 Å². The van der Waals surface area contributed by atoms with E-state index in [-0.39, 0.29) is 0 Å². The Morgan fingerprint density at radius 2 is 1.84 bits per heavy atom. The van der Waals surface area contributed by atoms with Crippen LogP contribution in [0.1, 0.15) is 19.8 Å². The van der Waals surface area contributed by atoms with Crippen molar-refractivity contribution in [3.05, 3.63) is 60.0 Å². The molecule has 3 rings (SSSR count). The van der Waals surface area contributed by atoms with Crippen molar-refractivity contribution in [1.82, 2.24) is 4.98 Å². The van der Waals surface area contributed by atoms with Gasteiger partial charge < -0.3 is 4.74 Å². The van der Waals surface area contributed by atoms with E-state index in [0.717, 1.165) is 34.7 Å². The topological polar surface area (TPSA) is 51.2 Å². The fourth-order valence-corrected chi connectivity index (χ4v) is 3.14. The van der Waals surface area contributed by atoms with Gasteiger partial charge in [0.25, 0.3) is 0 Å². The maximum absolute atomic E-state index is 11.7. The van der Waals surface area contributed by atoms with Crippen LogP contribution in [0.4, 0.5) is 10.5 Å². The molecule has 0 bridgehead atoms. The normalized spacial score (nSPS) is 10.4. The number of thiazole rings is 1. The number of hydrogen-bond acceptors (Lipinski definition) is 4. The molecule has 128 valence electrons. The summed E-state index contributed by atoms with van der Waals surface area (Å²) in [4.78, 5) is 16.4. The van der Waals surface area contributed by atoms with Gasteiger partial charge in [-0.2, -0.15) is 0 Å². The Kier molecular flexibility index (Phi) is 5.80. The zero-order valence-electron chi connectivity index (χ0n) is 14.1. The number of nitrogens with zero attached hydrogens (tertiary/aromatic N) is 1. The van der Waals surface area contributed by atoms with E-state index in [1.54, 1.807) is 11.3 Å². The molecule has 1 aromatic heterocycles. The van der Waals surface area contributed by atoms with E-state index in [2.05, 4.69) is 24.4 Å². The minimum absolute atomic E-state index is 0.416. The van der Waals surface area contributed by atoms with Gasteiger partial charge in [0.15, 0.2) is 0 Å². The van der Waals surface area contributed by atoms with E-state index in [4.69, 9.17) is 9.72 Å². The molecule has 0 saturated carbocycles. The number of anilines is 1. The van der Waals surface area contributed by atoms with Gasteiger partial charge in [0.05, 0.1) is 12.3 Å². The third kappa shape index (κ3) is 4.67. The largest absolute Gasteiger partial charge is 0.449 e. The number of carbonyl (C=O) groups excluding carboxylic acids is 1. The number of ether oxygens (including phenoxy) is 1. The standard InChI is InChI=1S/C20H20N2O2S/c1-2-3-13-24-20(23)21-17-11-9-15(10-12-17)18-14-25-19(22-18)16-7-5-4-6-8-16/h4-12,14H,2-3,13H2,1H3,(H,21,23). The average molecular weight is 352 g/mol. The van der Waals surface area contributed by atoms with Gasteiger partial charge in [0.2, 0.25) is 0 Å². The minimum atomic E-state index is -0.416. The first-order valence-corrected chi connectivity index (χ1v) is 9.19. The molecule has 0 atom stereocenters. The third-order valence-electron chi connectivity index (χ3n) is 3.68. The van der Waals surface area contributed by atoms with Gasteiger partial charge >= 0.3 is 6.09 Å². The molecule has 0 saturated heterocycles. The molecule has 0 radical (unpaired) electrons. The summed E-state index contributed by atoms with van der Waals surface area (Å²) in [6, 6.07) is 17.7. The van der Waals surface area contributed by atoms with Crippen molar-refractivity contribution in [3.8, 4) is 21.8 Å². The summed E-state index contributed by atoms with van der Waals surface area (Å²) >= 11 is 1.62. The Morgan fingerprint density at radius 1 is 1.08 bits per heavy atom. The van der Waals surface area contributed by atoms with Crippen molar-refractivity contribution in [2.75, 3.05) is 11.9 Å². The molecule has 2 aromatic carbocycles. The number of amides is 1. The number of hydrogen-bond donors (Lipinski definition) is 1. The van der Waals surface area contributed by atoms with Gasteiger partial charge in [-0.05, 0) is 18.6 Å². The number of carbonyl (C=O) groups is 1. The van der Waals surface area contributed by atoms with Crippen LogP contribution in [0.5, 0.6) is 0 Å². The highest BCUT2D eigenvalue weighted by atomic mass is 32.1. The Hall–Kier alpha value is -2.66. The van der Waals surface area contributed by atoms with Crippen LogP contribution >= 0.6 is 11.3 Å². The second-order valence-electron chi connectivity index (χ2n) is 5.60. The Labute approximate surface area is 151 Å². The van der Waals surface area contributed by atoms with Crippen molar-refractivity contribution in [1.29, 1.82) is 0 Å². The van der Waals surface area contributed by atoms with Crippen LogP contribution in [0.2, 0.25) is 0 Å². The molecule has 0 aliphatic carbocycles. The molecular weight excluding hydrogens is 332 g/mol. The lowest BCUT2D eigenvalue weighted by molar-refractivity contribution is 0.160. The Bertz CT molecular complexity index is 813. The number of rotatable bonds is 6. The smallest absolute Gasteiger partial charge is 0.411 e. The molecule has 0 aliphatic rings. The second-order valence-corrected chi connectivity index (χ2v) is 6.45. The molecule has 0 aliphatic heterocycles. The van der Waals surface area contributed by atoms with Crippen molar-refractivity contribution in [3.63, 3.8) is 0 Å². The minimum Gasteiger partial charge on any atom is -0.449 e. The molecule has 1 N–H and O–H groups in total. The molecular formula is C20H20N2O2S. The first-order chi connectivity index (χ1) is 12.3. The maximum atomic E-state index is 11.7. The molecule has 4 nitrogen and oxygen atoms in total. The third-order valence-corrected chi connectivity index (χ3v) is 4.57. The second kappa shape index (κ2) is 8.44. The van der Waals surface area contributed by atoms with Crippen molar-refractivity contribution in [2.24, 2.45) is 0 Å². The van der Waals surface area contributed by atoms with Crippen LogP contribution in [-0.2, 0) is 4.74 Å².